The topological polar surface area (TPSA) is 111 Å². The van der Waals surface area contributed by atoms with Crippen molar-refractivity contribution in [2.75, 3.05) is 40.9 Å². The van der Waals surface area contributed by atoms with Gasteiger partial charge in [-0.15, -0.1) is 0 Å². The van der Waals surface area contributed by atoms with Crippen LogP contribution in [-0.2, 0) is 27.9 Å². The minimum Gasteiger partial charge on any atom is -0.456 e. The van der Waals surface area contributed by atoms with Crippen molar-refractivity contribution in [3.8, 4) is 0 Å². The summed E-state index contributed by atoms with van der Waals surface area (Å²) in [4.78, 5) is 37.9. The number of phosphoric acid groups is 1. The van der Waals surface area contributed by atoms with Crippen LogP contribution in [0.25, 0.3) is 0 Å². The summed E-state index contributed by atoms with van der Waals surface area (Å²) in [6.45, 7) is 6.93. The number of nitrogens with one attached hydrogen (secondary N) is 1. The van der Waals surface area contributed by atoms with Gasteiger partial charge in [0.15, 0.2) is 0 Å². The highest BCUT2D eigenvalue weighted by Gasteiger charge is 2.30. The van der Waals surface area contributed by atoms with Crippen molar-refractivity contribution < 1.29 is 37.3 Å². The molecular weight excluding hydrogens is 1020 g/mol. The van der Waals surface area contributed by atoms with Crippen LogP contribution in [0.15, 0.2) is 72.9 Å². The molecule has 10 heteroatoms. The molecule has 0 aromatic heterocycles. The van der Waals surface area contributed by atoms with Crippen LogP contribution in [0.2, 0.25) is 0 Å². The van der Waals surface area contributed by atoms with E-state index >= 15 is 0 Å². The predicted octanol–water partition coefficient (Wildman–Crippen LogP) is 21.6. The zero-order valence-corrected chi connectivity index (χ0v) is 54.9. The molecule has 0 saturated heterocycles. The monoisotopic (exact) mass is 1160 g/mol. The van der Waals surface area contributed by atoms with Gasteiger partial charge in [-0.1, -0.05) is 299 Å². The number of nitrogens with zero attached hydrogens (tertiary/aromatic N) is 1. The van der Waals surface area contributed by atoms with E-state index in [2.05, 4.69) is 86.8 Å². The van der Waals surface area contributed by atoms with E-state index in [0.29, 0.717) is 17.4 Å². The van der Waals surface area contributed by atoms with E-state index < -0.39 is 20.0 Å². The number of amides is 1. The summed E-state index contributed by atoms with van der Waals surface area (Å²) >= 11 is 0. The lowest BCUT2D eigenvalue weighted by Crippen LogP contribution is -2.47. The second kappa shape index (κ2) is 60.6. The third-order valence-electron chi connectivity index (χ3n) is 15.2. The average molecular weight is 1160 g/mol. The Hall–Kier alpha value is -2.55. The lowest BCUT2D eigenvalue weighted by molar-refractivity contribution is -0.870. The molecule has 3 atom stereocenters. The Balaban J connectivity index is 5.18. The van der Waals surface area contributed by atoms with Crippen LogP contribution in [0.5, 0.6) is 0 Å². The van der Waals surface area contributed by atoms with Crippen molar-refractivity contribution in [2.24, 2.45) is 0 Å². The molecular formula is C71H132N2O7P+. The smallest absolute Gasteiger partial charge is 0.456 e. The molecule has 0 aromatic carbocycles. The van der Waals surface area contributed by atoms with Crippen LogP contribution in [0.4, 0.5) is 0 Å². The number of quaternary nitrogens is 1. The molecule has 9 nitrogen and oxygen atoms in total. The normalized spacial score (nSPS) is 14.0. The van der Waals surface area contributed by atoms with Crippen molar-refractivity contribution in [3.05, 3.63) is 72.9 Å². The summed E-state index contributed by atoms with van der Waals surface area (Å²) in [7, 11) is 1.49. The summed E-state index contributed by atoms with van der Waals surface area (Å²) in [5.74, 6) is -0.507. The first-order chi connectivity index (χ1) is 39.4. The van der Waals surface area contributed by atoms with Gasteiger partial charge in [-0.3, -0.25) is 18.6 Å². The van der Waals surface area contributed by atoms with Crippen LogP contribution in [0, 0.1) is 0 Å². The Labute approximate surface area is 502 Å². The number of allylic oxidation sites excluding steroid dienone is 11. The third kappa shape index (κ3) is 61.8. The molecule has 0 aliphatic heterocycles. The van der Waals surface area contributed by atoms with Gasteiger partial charge in [0.25, 0.3) is 0 Å². The van der Waals surface area contributed by atoms with Gasteiger partial charge in [0, 0.05) is 12.8 Å². The third-order valence-corrected chi connectivity index (χ3v) is 16.1. The average Bonchev–Trinajstić information content (AvgIpc) is 3.44. The van der Waals surface area contributed by atoms with Gasteiger partial charge in [0.2, 0.25) is 5.91 Å². The van der Waals surface area contributed by atoms with E-state index in [1.165, 1.54) is 180 Å². The van der Waals surface area contributed by atoms with E-state index in [-0.39, 0.29) is 31.5 Å². The Morgan fingerprint density at radius 1 is 0.444 bits per heavy atom. The van der Waals surface area contributed by atoms with Crippen LogP contribution >= 0.6 is 7.82 Å². The van der Waals surface area contributed by atoms with Crippen LogP contribution in [0.3, 0.4) is 0 Å². The maximum Gasteiger partial charge on any atom is 0.472 e. The molecule has 0 saturated carbocycles. The first-order valence-corrected chi connectivity index (χ1v) is 35.8. The number of carbonyl (C=O) groups is 2. The van der Waals surface area contributed by atoms with Gasteiger partial charge in [-0.25, -0.2) is 4.57 Å². The van der Waals surface area contributed by atoms with Crippen molar-refractivity contribution in [1.82, 2.24) is 5.32 Å². The van der Waals surface area contributed by atoms with Gasteiger partial charge in [0.05, 0.1) is 33.8 Å². The number of carbonyl (C=O) groups excluding carboxylic acids is 2. The number of hydrogen-bond acceptors (Lipinski definition) is 6. The number of rotatable bonds is 62. The molecule has 2 N–H and O–H groups in total. The largest absolute Gasteiger partial charge is 0.472 e. The minimum absolute atomic E-state index is 0.0378. The lowest BCUT2D eigenvalue weighted by Gasteiger charge is -2.27. The summed E-state index contributed by atoms with van der Waals surface area (Å²) < 4.78 is 30.8. The molecule has 0 aromatic rings. The van der Waals surface area contributed by atoms with Crippen molar-refractivity contribution in [1.29, 1.82) is 0 Å². The van der Waals surface area contributed by atoms with E-state index in [1.807, 2.05) is 33.3 Å². The van der Waals surface area contributed by atoms with Gasteiger partial charge in [-0.05, 0) is 76.7 Å². The highest BCUT2D eigenvalue weighted by Crippen LogP contribution is 2.43. The van der Waals surface area contributed by atoms with E-state index in [4.69, 9.17) is 13.8 Å². The summed E-state index contributed by atoms with van der Waals surface area (Å²) in [5.41, 5.74) is 0. The fourth-order valence-electron chi connectivity index (χ4n) is 9.91. The Morgan fingerprint density at radius 2 is 0.790 bits per heavy atom. The second-order valence-electron chi connectivity index (χ2n) is 24.3. The Kier molecular flexibility index (Phi) is 58.7. The van der Waals surface area contributed by atoms with E-state index in [1.54, 1.807) is 0 Å². The minimum atomic E-state index is -4.46. The molecule has 0 bridgehead atoms. The SMILES string of the molecule is CC/C=C\C/C=C\C/C=C\C/C=C\C/C=C\CCCCCCCCCC(=O)OC(/C=C/CCCCCCCCCCCCC)C(COP(=O)(O)OCC[N+](C)(C)C)NC(=O)CCCCCCCCCCCCCCCCCCCCC. The molecule has 0 radical (unpaired) electrons. The number of likely N-dealkylation sites (N-methyl/N-ethyl adjacent to an activating group) is 1. The number of unbranched alkanes of at least 4 members (excludes halogenated alkanes) is 36. The second-order valence-corrected chi connectivity index (χ2v) is 25.8. The highest BCUT2D eigenvalue weighted by molar-refractivity contribution is 7.47. The van der Waals surface area contributed by atoms with Gasteiger partial charge in [0.1, 0.15) is 19.3 Å². The molecule has 0 spiro atoms. The van der Waals surface area contributed by atoms with Crippen molar-refractivity contribution in [2.45, 2.75) is 328 Å². The maximum absolute atomic E-state index is 13.6. The summed E-state index contributed by atoms with van der Waals surface area (Å²) in [6, 6.07) is -0.854. The number of hydrogen-bond donors (Lipinski definition) is 2. The standard InChI is InChI=1S/C71H131N2O7P/c1-7-10-13-16-19-22-25-28-30-32-34-35-36-37-39-41-43-46-49-52-55-58-61-64-71(75)80-69(62-59-56-53-50-47-44-27-24-21-18-15-12-9-3)68(67-79-81(76,77)78-66-65-73(4,5)6)72-70(74)63-60-57-54-51-48-45-42-40-38-33-31-29-26-23-20-17-14-11-8-2/h10,13,19,22,28,30,34-35,37,39,59,62,68-69H,7-9,11-12,14-18,20-21,23-27,29,31-33,36,38,40-58,60-61,63-67H2,1-6H3,(H-,72,74,76,77)/p+1/b13-10-,22-19-,30-28-,35-34-,39-37-,62-59+. The molecule has 0 aliphatic rings. The number of esters is 1. The zero-order chi connectivity index (χ0) is 59.3. The van der Waals surface area contributed by atoms with Gasteiger partial charge < -0.3 is 19.4 Å². The first-order valence-electron chi connectivity index (χ1n) is 34.3. The highest BCUT2D eigenvalue weighted by atomic mass is 31.2. The summed E-state index contributed by atoms with van der Waals surface area (Å²) in [5, 5.41) is 3.07. The Morgan fingerprint density at radius 3 is 1.19 bits per heavy atom. The van der Waals surface area contributed by atoms with Crippen LogP contribution in [0.1, 0.15) is 316 Å². The summed E-state index contributed by atoms with van der Waals surface area (Å²) in [6.07, 6.45) is 79.0. The van der Waals surface area contributed by atoms with E-state index in [0.717, 1.165) is 103 Å². The van der Waals surface area contributed by atoms with Crippen molar-refractivity contribution in [3.63, 3.8) is 0 Å². The number of ether oxygens (including phenoxy) is 1. The fraction of sp³-hybridized carbons (Fsp3) is 0.803. The Bertz CT molecular complexity index is 1620. The maximum atomic E-state index is 13.6. The predicted molar refractivity (Wildman–Crippen MR) is 351 cm³/mol. The van der Waals surface area contributed by atoms with Gasteiger partial charge >= 0.3 is 13.8 Å². The quantitative estimate of drug-likeness (QED) is 0.0205. The fourth-order valence-corrected chi connectivity index (χ4v) is 10.6. The van der Waals surface area contributed by atoms with E-state index in [9.17, 15) is 19.0 Å². The van der Waals surface area contributed by atoms with Crippen molar-refractivity contribution >= 4 is 19.7 Å². The molecule has 81 heavy (non-hydrogen) atoms. The molecule has 0 fully saturated rings. The molecule has 0 aliphatic carbocycles. The molecule has 472 valence electrons. The van der Waals surface area contributed by atoms with Crippen LogP contribution < -0.4 is 5.32 Å². The molecule has 0 heterocycles. The molecule has 0 rings (SSSR count). The zero-order valence-electron chi connectivity index (χ0n) is 54.0. The van der Waals surface area contributed by atoms with Crippen LogP contribution in [-0.4, -0.2) is 74.3 Å². The number of phosphoric ester groups is 1. The first kappa shape index (κ1) is 78.5. The van der Waals surface area contributed by atoms with Gasteiger partial charge in [-0.2, -0.15) is 0 Å². The molecule has 3 unspecified atom stereocenters. The molecule has 1 amide bonds. The lowest BCUT2D eigenvalue weighted by atomic mass is 10.0.